The maximum atomic E-state index is 12.8. The highest BCUT2D eigenvalue weighted by Gasteiger charge is 2.29. The molecule has 156 valence electrons. The minimum atomic E-state index is -3.52. The van der Waals surface area contributed by atoms with Gasteiger partial charge in [0.2, 0.25) is 15.9 Å². The number of piperazine rings is 1. The summed E-state index contributed by atoms with van der Waals surface area (Å²) in [5.41, 5.74) is 0. The molecule has 1 aliphatic heterocycles. The lowest BCUT2D eigenvalue weighted by molar-refractivity contribution is -0.123. The van der Waals surface area contributed by atoms with Gasteiger partial charge in [0.1, 0.15) is 5.75 Å². The zero-order valence-electron chi connectivity index (χ0n) is 16.6. The Balaban J connectivity index is 1.49. The zero-order chi connectivity index (χ0) is 20.0. The maximum Gasteiger partial charge on any atom is 0.243 e. The molecule has 1 N–H and O–H groups in total. The Hall–Kier alpha value is -1.64. The monoisotopic (exact) mass is 409 g/mol. The Morgan fingerprint density at radius 1 is 1.07 bits per heavy atom. The highest BCUT2D eigenvalue weighted by Crippen LogP contribution is 2.21. The Bertz CT molecular complexity index is 737. The molecule has 1 amide bonds. The van der Waals surface area contributed by atoms with Gasteiger partial charge in [-0.05, 0) is 44.0 Å². The van der Waals surface area contributed by atoms with Gasteiger partial charge < -0.3 is 10.1 Å². The molecule has 1 aromatic carbocycles. The molecule has 8 heteroatoms. The van der Waals surface area contributed by atoms with Gasteiger partial charge in [0.05, 0.1) is 18.0 Å². The van der Waals surface area contributed by atoms with Crippen LogP contribution in [-0.2, 0) is 14.8 Å². The number of nitrogens with zero attached hydrogens (tertiary/aromatic N) is 2. The van der Waals surface area contributed by atoms with Crippen molar-refractivity contribution < 1.29 is 17.9 Å². The average Bonchev–Trinajstić information content (AvgIpc) is 2.70. The number of benzene rings is 1. The van der Waals surface area contributed by atoms with E-state index < -0.39 is 10.0 Å². The normalized spacial score (nSPS) is 20.0. The Morgan fingerprint density at radius 3 is 2.32 bits per heavy atom. The molecule has 0 radical (unpaired) electrons. The van der Waals surface area contributed by atoms with Crippen LogP contribution in [0.1, 0.15) is 39.0 Å². The van der Waals surface area contributed by atoms with Crippen molar-refractivity contribution >= 4 is 15.9 Å². The van der Waals surface area contributed by atoms with Crippen molar-refractivity contribution in [3.8, 4) is 5.75 Å². The third-order valence-electron chi connectivity index (χ3n) is 5.44. The summed E-state index contributed by atoms with van der Waals surface area (Å²) in [5.74, 6) is 0.713. The smallest absolute Gasteiger partial charge is 0.243 e. The van der Waals surface area contributed by atoms with Crippen molar-refractivity contribution in [2.45, 2.75) is 50.0 Å². The number of hydrogen-bond donors (Lipinski definition) is 1. The molecule has 1 saturated carbocycles. The van der Waals surface area contributed by atoms with E-state index in [4.69, 9.17) is 4.74 Å². The lowest BCUT2D eigenvalue weighted by Gasteiger charge is -2.34. The molecule has 2 aliphatic rings. The van der Waals surface area contributed by atoms with Crippen molar-refractivity contribution in [2.75, 3.05) is 39.3 Å². The summed E-state index contributed by atoms with van der Waals surface area (Å²) in [4.78, 5) is 14.6. The number of carbonyl (C=O) groups excluding carboxylic acids is 1. The lowest BCUT2D eigenvalue weighted by Crippen LogP contribution is -2.51. The third-order valence-corrected chi connectivity index (χ3v) is 7.35. The Labute approximate surface area is 168 Å². The minimum absolute atomic E-state index is 0.0507. The lowest BCUT2D eigenvalue weighted by atomic mass is 9.95. The second kappa shape index (κ2) is 9.71. The molecule has 0 unspecified atom stereocenters. The van der Waals surface area contributed by atoms with Gasteiger partial charge in [-0.25, -0.2) is 8.42 Å². The average molecular weight is 410 g/mol. The van der Waals surface area contributed by atoms with Crippen molar-refractivity contribution in [1.29, 1.82) is 0 Å². The van der Waals surface area contributed by atoms with E-state index in [1.54, 1.807) is 24.3 Å². The summed E-state index contributed by atoms with van der Waals surface area (Å²) in [5, 5.41) is 3.12. The van der Waals surface area contributed by atoms with Crippen LogP contribution in [0.5, 0.6) is 5.75 Å². The van der Waals surface area contributed by atoms with E-state index >= 15 is 0 Å². The molecule has 1 heterocycles. The van der Waals surface area contributed by atoms with Gasteiger partial charge in [-0.15, -0.1) is 0 Å². The van der Waals surface area contributed by atoms with Gasteiger partial charge in [0, 0.05) is 32.2 Å². The van der Waals surface area contributed by atoms with Crippen LogP contribution in [0.15, 0.2) is 29.2 Å². The highest BCUT2D eigenvalue weighted by atomic mass is 32.2. The number of nitrogens with one attached hydrogen (secondary N) is 1. The Kier molecular flexibility index (Phi) is 7.31. The van der Waals surface area contributed by atoms with E-state index in [2.05, 4.69) is 5.32 Å². The predicted molar refractivity (Wildman–Crippen MR) is 108 cm³/mol. The first-order valence-corrected chi connectivity index (χ1v) is 11.7. The zero-order valence-corrected chi connectivity index (χ0v) is 17.4. The number of sulfonamides is 1. The fourth-order valence-corrected chi connectivity index (χ4v) is 5.30. The van der Waals surface area contributed by atoms with Crippen LogP contribution in [-0.4, -0.2) is 68.9 Å². The number of ether oxygens (including phenoxy) is 1. The maximum absolute atomic E-state index is 12.8. The van der Waals surface area contributed by atoms with Crippen LogP contribution in [0, 0.1) is 0 Å². The summed E-state index contributed by atoms with van der Waals surface area (Å²) in [6, 6.07) is 6.85. The van der Waals surface area contributed by atoms with E-state index in [9.17, 15) is 13.2 Å². The first-order chi connectivity index (χ1) is 13.5. The molecular formula is C20H31N3O4S. The molecule has 7 nitrogen and oxygen atoms in total. The van der Waals surface area contributed by atoms with Gasteiger partial charge in [0.25, 0.3) is 0 Å². The van der Waals surface area contributed by atoms with Crippen molar-refractivity contribution in [3.05, 3.63) is 24.3 Å². The standard InChI is InChI=1S/C20H31N3O4S/c1-2-27-18-8-10-19(11-9-18)28(25,26)23-14-12-22(13-15-23)16-20(24)21-17-6-4-3-5-7-17/h8-11,17H,2-7,12-16H2,1H3,(H,21,24). The van der Waals surface area contributed by atoms with E-state index in [0.29, 0.717) is 51.1 Å². The van der Waals surface area contributed by atoms with E-state index in [1.807, 2.05) is 11.8 Å². The molecule has 1 aliphatic carbocycles. The molecule has 1 aromatic rings. The van der Waals surface area contributed by atoms with Crippen LogP contribution in [0.4, 0.5) is 0 Å². The largest absolute Gasteiger partial charge is 0.494 e. The SMILES string of the molecule is CCOc1ccc(S(=O)(=O)N2CCN(CC(=O)NC3CCCCC3)CC2)cc1. The quantitative estimate of drug-likeness (QED) is 0.743. The topological polar surface area (TPSA) is 79.0 Å². The third kappa shape index (κ3) is 5.46. The summed E-state index contributed by atoms with van der Waals surface area (Å²) < 4.78 is 32.5. The predicted octanol–water partition coefficient (Wildman–Crippen LogP) is 1.84. The number of carbonyl (C=O) groups is 1. The first kappa shape index (κ1) is 21.1. The first-order valence-electron chi connectivity index (χ1n) is 10.2. The van der Waals surface area contributed by atoms with Gasteiger partial charge in [-0.2, -0.15) is 4.31 Å². The summed E-state index contributed by atoms with van der Waals surface area (Å²) in [6.07, 6.45) is 5.77. The van der Waals surface area contributed by atoms with Crippen LogP contribution < -0.4 is 10.1 Å². The molecule has 0 spiro atoms. The molecule has 2 fully saturated rings. The second-order valence-corrected chi connectivity index (χ2v) is 9.43. The number of rotatable bonds is 7. The fourth-order valence-electron chi connectivity index (χ4n) is 3.87. The van der Waals surface area contributed by atoms with Crippen molar-refractivity contribution in [1.82, 2.24) is 14.5 Å². The van der Waals surface area contributed by atoms with E-state index in [-0.39, 0.29) is 10.8 Å². The van der Waals surface area contributed by atoms with E-state index in [1.165, 1.54) is 23.6 Å². The number of hydrogen-bond acceptors (Lipinski definition) is 5. The summed E-state index contributed by atoms with van der Waals surface area (Å²) in [6.45, 7) is 4.69. The van der Waals surface area contributed by atoms with Gasteiger partial charge in [-0.1, -0.05) is 19.3 Å². The summed E-state index contributed by atoms with van der Waals surface area (Å²) in [7, 11) is -3.52. The highest BCUT2D eigenvalue weighted by molar-refractivity contribution is 7.89. The van der Waals surface area contributed by atoms with Crippen molar-refractivity contribution in [2.24, 2.45) is 0 Å². The second-order valence-electron chi connectivity index (χ2n) is 7.49. The van der Waals surface area contributed by atoms with Crippen LogP contribution in [0.2, 0.25) is 0 Å². The Morgan fingerprint density at radius 2 is 1.71 bits per heavy atom. The molecule has 0 atom stereocenters. The molecular weight excluding hydrogens is 378 g/mol. The molecule has 0 aromatic heterocycles. The summed E-state index contributed by atoms with van der Waals surface area (Å²) >= 11 is 0. The van der Waals surface area contributed by atoms with Gasteiger partial charge in [0.15, 0.2) is 0 Å². The van der Waals surface area contributed by atoms with Gasteiger partial charge in [-0.3, -0.25) is 9.69 Å². The van der Waals surface area contributed by atoms with Crippen LogP contribution in [0.3, 0.4) is 0 Å². The fraction of sp³-hybridized carbons (Fsp3) is 0.650. The molecule has 3 rings (SSSR count). The molecule has 28 heavy (non-hydrogen) atoms. The molecule has 1 saturated heterocycles. The molecule has 0 bridgehead atoms. The van der Waals surface area contributed by atoms with Crippen LogP contribution >= 0.6 is 0 Å². The van der Waals surface area contributed by atoms with E-state index in [0.717, 1.165) is 12.8 Å². The van der Waals surface area contributed by atoms with Crippen molar-refractivity contribution in [3.63, 3.8) is 0 Å². The minimum Gasteiger partial charge on any atom is -0.494 e. The van der Waals surface area contributed by atoms with Gasteiger partial charge >= 0.3 is 0 Å². The van der Waals surface area contributed by atoms with Crippen LogP contribution in [0.25, 0.3) is 0 Å². The number of amides is 1.